The van der Waals surface area contributed by atoms with Crippen molar-refractivity contribution in [2.24, 2.45) is 5.10 Å². The molecule has 2 rings (SSSR count). The fraction of sp³-hybridized carbons (Fsp3) is 0.176. The van der Waals surface area contributed by atoms with E-state index in [-0.39, 0.29) is 11.6 Å². The van der Waals surface area contributed by atoms with Crippen LogP contribution in [-0.4, -0.2) is 16.5 Å². The molecule has 6 nitrogen and oxygen atoms in total. The Morgan fingerprint density at radius 2 is 1.78 bits per heavy atom. The molecule has 0 saturated carbocycles. The van der Waals surface area contributed by atoms with Crippen LogP contribution < -0.4 is 5.43 Å². The van der Waals surface area contributed by atoms with Gasteiger partial charge in [-0.15, -0.1) is 0 Å². The monoisotopic (exact) mass is 311 g/mol. The van der Waals surface area contributed by atoms with Gasteiger partial charge in [-0.1, -0.05) is 30.3 Å². The highest BCUT2D eigenvalue weighted by atomic mass is 16.6. The topological polar surface area (TPSA) is 84.6 Å². The SMILES string of the molecule is C/C(CCc1ccccc1)=N/NC(=O)c1ccc([N+](=O)[O-])cc1. The first kappa shape index (κ1) is 16.4. The highest BCUT2D eigenvalue weighted by molar-refractivity contribution is 5.95. The third kappa shape index (κ3) is 5.03. The van der Waals surface area contributed by atoms with Crippen molar-refractivity contribution in [1.29, 1.82) is 0 Å². The summed E-state index contributed by atoms with van der Waals surface area (Å²) in [5.74, 6) is -0.390. The first-order valence-corrected chi connectivity index (χ1v) is 7.18. The molecule has 23 heavy (non-hydrogen) atoms. The van der Waals surface area contributed by atoms with Crippen molar-refractivity contribution in [3.63, 3.8) is 0 Å². The van der Waals surface area contributed by atoms with Crippen LogP contribution in [0.1, 0.15) is 29.3 Å². The van der Waals surface area contributed by atoms with Crippen molar-refractivity contribution in [1.82, 2.24) is 5.43 Å². The first-order valence-electron chi connectivity index (χ1n) is 7.18. The number of carbonyl (C=O) groups excluding carboxylic acids is 1. The zero-order valence-electron chi connectivity index (χ0n) is 12.7. The van der Waals surface area contributed by atoms with Crippen LogP contribution in [0.2, 0.25) is 0 Å². The quantitative estimate of drug-likeness (QED) is 0.504. The predicted molar refractivity (Wildman–Crippen MR) is 88.4 cm³/mol. The molecule has 0 aliphatic heterocycles. The van der Waals surface area contributed by atoms with Crippen molar-refractivity contribution in [2.75, 3.05) is 0 Å². The fourth-order valence-electron chi connectivity index (χ4n) is 1.97. The lowest BCUT2D eigenvalue weighted by atomic mass is 10.1. The van der Waals surface area contributed by atoms with Crippen LogP contribution in [0, 0.1) is 10.1 Å². The third-order valence-electron chi connectivity index (χ3n) is 3.31. The predicted octanol–water partition coefficient (Wildman–Crippen LogP) is 3.33. The smallest absolute Gasteiger partial charge is 0.267 e. The maximum absolute atomic E-state index is 11.9. The molecule has 0 unspecified atom stereocenters. The average Bonchev–Trinajstić information content (AvgIpc) is 2.58. The molecular formula is C17H17N3O3. The van der Waals surface area contributed by atoms with Gasteiger partial charge in [-0.05, 0) is 37.5 Å². The molecule has 0 heterocycles. The summed E-state index contributed by atoms with van der Waals surface area (Å²) in [5.41, 5.74) is 4.76. The van der Waals surface area contributed by atoms with Gasteiger partial charge in [0.05, 0.1) is 4.92 Å². The van der Waals surface area contributed by atoms with Crippen molar-refractivity contribution in [3.05, 3.63) is 75.8 Å². The normalized spacial score (nSPS) is 11.1. The van der Waals surface area contributed by atoms with Crippen LogP contribution in [0.25, 0.3) is 0 Å². The van der Waals surface area contributed by atoms with Gasteiger partial charge in [-0.3, -0.25) is 14.9 Å². The molecule has 0 aliphatic carbocycles. The number of rotatable bonds is 6. The lowest BCUT2D eigenvalue weighted by Crippen LogP contribution is -2.19. The van der Waals surface area contributed by atoms with Gasteiger partial charge >= 0.3 is 0 Å². The van der Waals surface area contributed by atoms with Crippen molar-refractivity contribution in [2.45, 2.75) is 19.8 Å². The second-order valence-electron chi connectivity index (χ2n) is 5.08. The van der Waals surface area contributed by atoms with Crippen molar-refractivity contribution < 1.29 is 9.72 Å². The molecule has 0 radical (unpaired) electrons. The van der Waals surface area contributed by atoms with Gasteiger partial charge < -0.3 is 0 Å². The van der Waals surface area contributed by atoms with Gasteiger partial charge in [0.1, 0.15) is 0 Å². The Kier molecular flexibility index (Phi) is 5.57. The summed E-state index contributed by atoms with van der Waals surface area (Å²) in [6.07, 6.45) is 1.59. The number of aryl methyl sites for hydroxylation is 1. The van der Waals surface area contributed by atoms with Gasteiger partial charge in [0.2, 0.25) is 0 Å². The Bertz CT molecular complexity index is 710. The van der Waals surface area contributed by atoms with Crippen LogP contribution in [0.3, 0.4) is 0 Å². The largest absolute Gasteiger partial charge is 0.271 e. The Morgan fingerprint density at radius 3 is 2.39 bits per heavy atom. The number of nitro benzene ring substituents is 1. The summed E-state index contributed by atoms with van der Waals surface area (Å²) in [4.78, 5) is 22.0. The lowest BCUT2D eigenvalue weighted by Gasteiger charge is -2.03. The minimum absolute atomic E-state index is 0.0518. The van der Waals surface area contributed by atoms with E-state index in [0.29, 0.717) is 5.56 Å². The summed E-state index contributed by atoms with van der Waals surface area (Å²) < 4.78 is 0. The number of hydrogen-bond donors (Lipinski definition) is 1. The van der Waals surface area contributed by atoms with Gasteiger partial charge in [0, 0.05) is 23.4 Å². The minimum atomic E-state index is -0.506. The van der Waals surface area contributed by atoms with E-state index in [1.54, 1.807) is 0 Å². The number of nitrogens with zero attached hydrogens (tertiary/aromatic N) is 2. The Morgan fingerprint density at radius 1 is 1.13 bits per heavy atom. The number of non-ortho nitro benzene ring substituents is 1. The number of amides is 1. The lowest BCUT2D eigenvalue weighted by molar-refractivity contribution is -0.384. The average molecular weight is 311 g/mol. The Balaban J connectivity index is 1.88. The second kappa shape index (κ2) is 7.84. The molecule has 0 aromatic heterocycles. The van der Waals surface area contributed by atoms with Crippen LogP contribution in [-0.2, 0) is 6.42 Å². The summed E-state index contributed by atoms with van der Waals surface area (Å²) in [6, 6.07) is 15.4. The van der Waals surface area contributed by atoms with Gasteiger partial charge in [0.25, 0.3) is 11.6 Å². The van der Waals surface area contributed by atoms with E-state index < -0.39 is 4.92 Å². The molecule has 0 atom stereocenters. The van der Waals surface area contributed by atoms with Crippen LogP contribution >= 0.6 is 0 Å². The van der Waals surface area contributed by atoms with Crippen LogP contribution in [0.4, 0.5) is 5.69 Å². The standard InChI is InChI=1S/C17H17N3O3/c1-13(7-8-14-5-3-2-4-6-14)18-19-17(21)15-9-11-16(12-10-15)20(22)23/h2-6,9-12H,7-8H2,1H3,(H,19,21)/b18-13-. The molecule has 0 saturated heterocycles. The molecule has 2 aromatic rings. The first-order chi connectivity index (χ1) is 11.1. The highest BCUT2D eigenvalue weighted by Crippen LogP contribution is 2.11. The molecule has 118 valence electrons. The summed E-state index contributed by atoms with van der Waals surface area (Å²) in [5, 5.41) is 14.6. The Labute approximate surface area is 134 Å². The zero-order valence-corrected chi connectivity index (χ0v) is 12.7. The van der Waals surface area contributed by atoms with Gasteiger partial charge in [0.15, 0.2) is 0 Å². The third-order valence-corrected chi connectivity index (χ3v) is 3.31. The van der Waals surface area contributed by atoms with E-state index in [9.17, 15) is 14.9 Å². The van der Waals surface area contributed by atoms with E-state index in [4.69, 9.17) is 0 Å². The molecule has 6 heteroatoms. The van der Waals surface area contributed by atoms with Crippen molar-refractivity contribution in [3.8, 4) is 0 Å². The van der Waals surface area contributed by atoms with Crippen molar-refractivity contribution >= 4 is 17.3 Å². The van der Waals surface area contributed by atoms with Gasteiger partial charge in [-0.2, -0.15) is 5.10 Å². The second-order valence-corrected chi connectivity index (χ2v) is 5.08. The van der Waals surface area contributed by atoms with Gasteiger partial charge in [-0.25, -0.2) is 5.43 Å². The summed E-state index contributed by atoms with van der Waals surface area (Å²) in [6.45, 7) is 1.85. The van der Waals surface area contributed by atoms with E-state index >= 15 is 0 Å². The molecule has 0 bridgehead atoms. The Hall–Kier alpha value is -3.02. The molecule has 0 fully saturated rings. The fourth-order valence-corrected chi connectivity index (χ4v) is 1.97. The molecule has 1 amide bonds. The number of nitrogens with one attached hydrogen (secondary N) is 1. The van der Waals surface area contributed by atoms with E-state index in [0.717, 1.165) is 18.6 Å². The maximum atomic E-state index is 11.9. The number of carbonyl (C=O) groups is 1. The molecule has 1 N–H and O–H groups in total. The minimum Gasteiger partial charge on any atom is -0.267 e. The molecule has 2 aromatic carbocycles. The van der Waals surface area contributed by atoms with E-state index in [1.165, 1.54) is 29.8 Å². The van der Waals surface area contributed by atoms with E-state index in [1.807, 2.05) is 37.3 Å². The number of nitro groups is 1. The molecule has 0 aliphatic rings. The summed E-state index contributed by atoms with van der Waals surface area (Å²) in [7, 11) is 0. The molecule has 0 spiro atoms. The number of hydrogen-bond acceptors (Lipinski definition) is 4. The molecular weight excluding hydrogens is 294 g/mol. The highest BCUT2D eigenvalue weighted by Gasteiger charge is 2.08. The van der Waals surface area contributed by atoms with Crippen LogP contribution in [0.5, 0.6) is 0 Å². The number of hydrazone groups is 1. The number of benzene rings is 2. The zero-order chi connectivity index (χ0) is 16.7. The van der Waals surface area contributed by atoms with E-state index in [2.05, 4.69) is 10.5 Å². The maximum Gasteiger partial charge on any atom is 0.271 e. The van der Waals surface area contributed by atoms with Crippen LogP contribution in [0.15, 0.2) is 59.7 Å². The summed E-state index contributed by atoms with van der Waals surface area (Å²) >= 11 is 0.